The van der Waals surface area contributed by atoms with Gasteiger partial charge in [0.15, 0.2) is 37.7 Å². The van der Waals surface area contributed by atoms with Gasteiger partial charge in [0.2, 0.25) is 5.91 Å². The first-order chi connectivity index (χ1) is 33.7. The predicted octanol–water partition coefficient (Wildman–Crippen LogP) is -11.9. The standard InChI is InChI=1S/C40H69NO30/c1-4-60-36-27(57)24(54)30(15(8-45)65-36)67-38-28(58)25(55)31(16(9-46)66-38)68-39-29(59)33(21(51)14(7-44)63-39)70-35-17(41-11(3)47)32(20(50)13(6-43)62-35)69-40-34(23(53)19(49)12(5-42)64-40)71-37-26(56)22(52)18(48)10(2)61-37/h10,12-40,42-46,48-59H,4-9H2,1-3H3,(H,41,47)/t10?,12?,13?,14?,15?,16?,17?,18-,19+,20+,21+,22?,23+,24-,25-,26+,27?,28?,29?,30-,31+,32-,33+,34?,35+,36-,37+,38+,39-,40+/m1/s1. The van der Waals surface area contributed by atoms with E-state index in [9.17, 15) is 91.6 Å². The Morgan fingerprint density at radius 3 is 1.31 bits per heavy atom. The minimum atomic E-state index is -2.20. The molecule has 1 amide bonds. The van der Waals surface area contributed by atoms with E-state index in [2.05, 4.69) is 5.32 Å². The normalized spacial score (nSPS) is 50.9. The number of carbonyl (C=O) groups is 1. The van der Waals surface area contributed by atoms with Gasteiger partial charge in [0.25, 0.3) is 0 Å². The van der Waals surface area contributed by atoms with Crippen LogP contribution in [0.3, 0.4) is 0 Å². The average molecular weight is 1040 g/mol. The summed E-state index contributed by atoms with van der Waals surface area (Å²) >= 11 is 0. The van der Waals surface area contributed by atoms with E-state index in [-0.39, 0.29) is 6.61 Å². The highest BCUT2D eigenvalue weighted by Gasteiger charge is 2.58. The smallest absolute Gasteiger partial charge is 0.217 e. The molecular weight excluding hydrogens is 974 g/mol. The van der Waals surface area contributed by atoms with Crippen LogP contribution in [0, 0.1) is 0 Å². The molecule has 6 heterocycles. The van der Waals surface area contributed by atoms with Gasteiger partial charge in [-0.15, -0.1) is 0 Å². The Bertz CT molecular complexity index is 1640. The van der Waals surface area contributed by atoms with Crippen molar-refractivity contribution in [3.8, 4) is 0 Å². The maximum Gasteiger partial charge on any atom is 0.217 e. The van der Waals surface area contributed by atoms with Crippen molar-refractivity contribution in [3.63, 3.8) is 0 Å². The SMILES string of the molecule is CCO[C@@H]1OC(CO)[C@@H](O[C@@H]2OC(CO)[C@H](O[C@H]3OC(CO)[C@H](O)[C@H](O[C@@H]4OC(CO)[C@H](O)[C@H](O[C@@H]5OC(CO)[C@H](O)[C@H](O)C5O[C@@H]5OC(C)[C@@H](O)C(O)[C@@H]5O)C4NC(C)=O)C3O)[C@H](O)C2O)[C@H](O)C1O. The van der Waals surface area contributed by atoms with Crippen LogP contribution in [0.15, 0.2) is 0 Å². The number of rotatable bonds is 18. The van der Waals surface area contributed by atoms with Crippen molar-refractivity contribution in [1.82, 2.24) is 5.32 Å². The van der Waals surface area contributed by atoms with Crippen LogP contribution in [-0.4, -0.2) is 317 Å². The van der Waals surface area contributed by atoms with Crippen molar-refractivity contribution in [3.05, 3.63) is 0 Å². The molecular formula is C40H69NO30. The largest absolute Gasteiger partial charge is 0.394 e. The van der Waals surface area contributed by atoms with E-state index >= 15 is 0 Å². The summed E-state index contributed by atoms with van der Waals surface area (Å²) in [6.07, 6.45) is -52.9. The highest BCUT2D eigenvalue weighted by molar-refractivity contribution is 5.73. The van der Waals surface area contributed by atoms with Crippen molar-refractivity contribution in [2.75, 3.05) is 39.6 Å². The Morgan fingerprint density at radius 1 is 0.394 bits per heavy atom. The van der Waals surface area contributed by atoms with E-state index in [1.165, 1.54) is 6.92 Å². The number of ether oxygens (including phenoxy) is 12. The molecule has 6 aliphatic heterocycles. The lowest BCUT2D eigenvalue weighted by atomic mass is 9.94. The van der Waals surface area contributed by atoms with Gasteiger partial charge >= 0.3 is 0 Å². The summed E-state index contributed by atoms with van der Waals surface area (Å²) in [4.78, 5) is 12.8. The van der Waals surface area contributed by atoms with Crippen LogP contribution in [0.1, 0.15) is 20.8 Å². The monoisotopic (exact) mass is 1040 g/mol. The molecule has 71 heavy (non-hydrogen) atoms. The minimum Gasteiger partial charge on any atom is -0.394 e. The summed E-state index contributed by atoms with van der Waals surface area (Å²) in [6, 6.07) is -1.78. The van der Waals surface area contributed by atoms with E-state index in [0.717, 1.165) is 6.92 Å². The van der Waals surface area contributed by atoms with Gasteiger partial charge in [0.1, 0.15) is 140 Å². The van der Waals surface area contributed by atoms with Crippen molar-refractivity contribution in [2.24, 2.45) is 0 Å². The zero-order valence-electron chi connectivity index (χ0n) is 38.5. The van der Waals surface area contributed by atoms with Crippen LogP contribution in [0.2, 0.25) is 0 Å². The summed E-state index contributed by atoms with van der Waals surface area (Å²) in [5, 5.41) is 185. The molecule has 0 bridgehead atoms. The van der Waals surface area contributed by atoms with Gasteiger partial charge in [-0.1, -0.05) is 0 Å². The van der Waals surface area contributed by atoms with Crippen molar-refractivity contribution in [1.29, 1.82) is 0 Å². The number of amides is 1. The number of hydrogen-bond acceptors (Lipinski definition) is 30. The Morgan fingerprint density at radius 2 is 0.775 bits per heavy atom. The van der Waals surface area contributed by atoms with Crippen molar-refractivity contribution >= 4 is 5.91 Å². The number of aliphatic hydroxyl groups excluding tert-OH is 17. The van der Waals surface area contributed by atoms with Gasteiger partial charge < -0.3 is 149 Å². The molecule has 6 rings (SSSR count). The molecule has 0 aliphatic carbocycles. The molecule has 0 spiro atoms. The molecule has 6 aliphatic rings. The van der Waals surface area contributed by atoms with E-state index in [0.29, 0.717) is 0 Å². The Hall–Kier alpha value is -1.69. The van der Waals surface area contributed by atoms with Crippen LogP contribution in [0.4, 0.5) is 0 Å². The Balaban J connectivity index is 1.23. The molecule has 0 aromatic heterocycles. The Kier molecular flexibility index (Phi) is 21.0. The first-order valence-electron chi connectivity index (χ1n) is 23.0. The van der Waals surface area contributed by atoms with Gasteiger partial charge in [0.05, 0.1) is 39.1 Å². The molecule has 0 aromatic rings. The summed E-state index contributed by atoms with van der Waals surface area (Å²) in [5.74, 6) is -0.857. The fourth-order valence-electron chi connectivity index (χ4n) is 9.13. The maximum atomic E-state index is 12.8. The third-order valence-corrected chi connectivity index (χ3v) is 13.1. The fourth-order valence-corrected chi connectivity index (χ4v) is 9.13. The van der Waals surface area contributed by atoms with E-state index < -0.39 is 223 Å². The van der Waals surface area contributed by atoms with Gasteiger partial charge in [-0.05, 0) is 13.8 Å². The summed E-state index contributed by atoms with van der Waals surface area (Å²) < 4.78 is 68.5. The molecule has 30 atom stereocenters. The second-order valence-electron chi connectivity index (χ2n) is 17.9. The molecule has 31 heteroatoms. The number of aliphatic hydroxyl groups is 17. The molecule has 0 aromatic carbocycles. The van der Waals surface area contributed by atoms with Crippen LogP contribution < -0.4 is 5.32 Å². The molecule has 18 N–H and O–H groups in total. The van der Waals surface area contributed by atoms with Crippen molar-refractivity contribution in [2.45, 2.75) is 205 Å². The maximum absolute atomic E-state index is 12.8. The molecule has 6 saturated heterocycles. The molecule has 6 fully saturated rings. The zero-order valence-corrected chi connectivity index (χ0v) is 38.5. The van der Waals surface area contributed by atoms with Gasteiger partial charge in [-0.25, -0.2) is 0 Å². The quantitative estimate of drug-likeness (QED) is 0.0606. The third kappa shape index (κ3) is 12.5. The lowest BCUT2D eigenvalue weighted by Gasteiger charge is -2.51. The zero-order chi connectivity index (χ0) is 52.3. The number of carbonyl (C=O) groups excluding carboxylic acids is 1. The molecule has 0 radical (unpaired) electrons. The molecule has 0 saturated carbocycles. The van der Waals surface area contributed by atoms with Gasteiger partial charge in [0, 0.05) is 13.5 Å². The van der Waals surface area contributed by atoms with Crippen molar-refractivity contribution < 1.29 is 148 Å². The number of hydrogen-bond donors (Lipinski definition) is 18. The Labute approximate surface area is 404 Å². The summed E-state index contributed by atoms with van der Waals surface area (Å²) in [6.45, 7) is -0.770. The minimum absolute atomic E-state index is 0.0558. The highest BCUT2D eigenvalue weighted by atomic mass is 16.8. The van der Waals surface area contributed by atoms with Crippen LogP contribution >= 0.6 is 0 Å². The van der Waals surface area contributed by atoms with E-state index in [4.69, 9.17) is 56.8 Å². The van der Waals surface area contributed by atoms with E-state index in [1.807, 2.05) is 0 Å². The molecule has 12 unspecified atom stereocenters. The average Bonchev–Trinajstić information content (AvgIpc) is 3.34. The second kappa shape index (κ2) is 25.4. The predicted molar refractivity (Wildman–Crippen MR) is 219 cm³/mol. The summed E-state index contributed by atoms with van der Waals surface area (Å²) in [7, 11) is 0. The van der Waals surface area contributed by atoms with Gasteiger partial charge in [-0.3, -0.25) is 4.79 Å². The van der Waals surface area contributed by atoms with Crippen LogP contribution in [0.5, 0.6) is 0 Å². The van der Waals surface area contributed by atoms with Crippen LogP contribution in [-0.2, 0) is 61.6 Å². The topological polar surface area (TPSA) is 484 Å². The van der Waals surface area contributed by atoms with E-state index in [1.54, 1.807) is 6.92 Å². The first-order valence-corrected chi connectivity index (χ1v) is 23.0. The fraction of sp³-hybridized carbons (Fsp3) is 0.975. The number of nitrogens with one attached hydrogen (secondary N) is 1. The van der Waals surface area contributed by atoms with Crippen LogP contribution in [0.25, 0.3) is 0 Å². The third-order valence-electron chi connectivity index (χ3n) is 13.1. The lowest BCUT2D eigenvalue weighted by Crippen LogP contribution is -2.70. The molecule has 31 nitrogen and oxygen atoms in total. The second-order valence-corrected chi connectivity index (χ2v) is 17.9. The molecule has 414 valence electrons. The lowest BCUT2D eigenvalue weighted by molar-refractivity contribution is -0.393. The first kappa shape index (κ1) is 58.6. The highest BCUT2D eigenvalue weighted by Crippen LogP contribution is 2.37. The van der Waals surface area contributed by atoms with Gasteiger partial charge in [-0.2, -0.15) is 0 Å². The summed E-state index contributed by atoms with van der Waals surface area (Å²) in [5.41, 5.74) is 0.